The smallest absolute Gasteiger partial charge is 0.249 e. The van der Waals surface area contributed by atoms with E-state index in [9.17, 15) is 14.4 Å². The number of hydrogen-bond donors (Lipinski definition) is 1. The molecule has 6 heteroatoms. The second kappa shape index (κ2) is 5.73. The number of rotatable bonds is 3. The Bertz CT molecular complexity index is 363. The molecule has 0 aromatic rings. The normalized spacial score (nSPS) is 20.9. The highest BCUT2D eigenvalue weighted by Crippen LogP contribution is 2.24. The van der Waals surface area contributed by atoms with Gasteiger partial charge in [0.1, 0.15) is 12.6 Å². The number of thioether (sulfide) groups is 1. The van der Waals surface area contributed by atoms with Gasteiger partial charge in [0.2, 0.25) is 17.7 Å². The molecule has 3 amide bonds. The van der Waals surface area contributed by atoms with Crippen molar-refractivity contribution in [3.63, 3.8) is 0 Å². The van der Waals surface area contributed by atoms with Crippen LogP contribution in [0.5, 0.6) is 0 Å². The number of hydrogen-bond acceptors (Lipinski definition) is 4. The predicted molar refractivity (Wildman–Crippen MR) is 71.2 cm³/mol. The van der Waals surface area contributed by atoms with Crippen LogP contribution in [0.1, 0.15) is 34.1 Å². The minimum Gasteiger partial charge on any atom is -0.321 e. The molecule has 0 spiro atoms. The summed E-state index contributed by atoms with van der Waals surface area (Å²) < 4.78 is -0.0145. The molecule has 0 aromatic carbocycles. The van der Waals surface area contributed by atoms with E-state index in [1.165, 1.54) is 16.7 Å². The van der Waals surface area contributed by atoms with Crippen LogP contribution in [0.25, 0.3) is 0 Å². The van der Waals surface area contributed by atoms with Crippen LogP contribution in [-0.4, -0.2) is 45.7 Å². The van der Waals surface area contributed by atoms with Crippen molar-refractivity contribution >= 4 is 29.5 Å². The van der Waals surface area contributed by atoms with Crippen molar-refractivity contribution in [2.24, 2.45) is 0 Å². The number of nitrogens with one attached hydrogen (secondary N) is 1. The lowest BCUT2D eigenvalue weighted by Crippen LogP contribution is -2.60. The highest BCUT2D eigenvalue weighted by molar-refractivity contribution is 8.01. The molecule has 1 atom stereocenters. The first-order valence-electron chi connectivity index (χ1n) is 6.01. The Morgan fingerprint density at radius 3 is 2.56 bits per heavy atom. The number of carbonyl (C=O) groups is 3. The predicted octanol–water partition coefficient (Wildman–Crippen LogP) is 0.782. The molecule has 1 unspecified atom stereocenters. The lowest BCUT2D eigenvalue weighted by atomic mass is 10.1. The van der Waals surface area contributed by atoms with Crippen molar-refractivity contribution < 1.29 is 14.4 Å². The fraction of sp³-hybridized carbons (Fsp3) is 0.750. The van der Waals surface area contributed by atoms with Gasteiger partial charge in [0, 0.05) is 4.75 Å². The van der Waals surface area contributed by atoms with Gasteiger partial charge in [0.05, 0.1) is 5.75 Å². The average molecular weight is 272 g/mol. The van der Waals surface area contributed by atoms with Crippen LogP contribution in [0.3, 0.4) is 0 Å². The molecule has 0 aliphatic carbocycles. The summed E-state index contributed by atoms with van der Waals surface area (Å²) in [6.07, 6.45) is 0.519. The van der Waals surface area contributed by atoms with Crippen molar-refractivity contribution in [1.29, 1.82) is 0 Å². The number of piperazine rings is 1. The van der Waals surface area contributed by atoms with E-state index in [1.807, 2.05) is 27.7 Å². The molecule has 5 nitrogen and oxygen atoms in total. The number of nitrogens with zero attached hydrogens (tertiary/aromatic N) is 1. The van der Waals surface area contributed by atoms with Gasteiger partial charge in [-0.3, -0.25) is 19.7 Å². The standard InChI is InChI=1S/C12H20N2O3S/c1-5-8-11(17)13-9(15)6-14(8)10(16)7-18-12(2,3)4/h8H,5-7H2,1-4H3,(H,13,15,17). The molecule has 102 valence electrons. The van der Waals surface area contributed by atoms with Crippen LogP contribution in [0.15, 0.2) is 0 Å². The van der Waals surface area contributed by atoms with E-state index in [0.717, 1.165) is 0 Å². The van der Waals surface area contributed by atoms with Crippen molar-refractivity contribution in [2.75, 3.05) is 12.3 Å². The zero-order valence-corrected chi connectivity index (χ0v) is 12.1. The van der Waals surface area contributed by atoms with E-state index in [1.54, 1.807) is 0 Å². The minimum absolute atomic E-state index is 0.0145. The Morgan fingerprint density at radius 1 is 1.44 bits per heavy atom. The molecule has 1 aliphatic rings. The van der Waals surface area contributed by atoms with Gasteiger partial charge in [-0.25, -0.2) is 0 Å². The van der Waals surface area contributed by atoms with Gasteiger partial charge in [0.15, 0.2) is 0 Å². The Balaban J connectivity index is 2.69. The van der Waals surface area contributed by atoms with Gasteiger partial charge in [-0.2, -0.15) is 0 Å². The zero-order chi connectivity index (χ0) is 13.9. The summed E-state index contributed by atoms with van der Waals surface area (Å²) in [6, 6.07) is -0.518. The highest BCUT2D eigenvalue weighted by atomic mass is 32.2. The largest absolute Gasteiger partial charge is 0.321 e. The molecular weight excluding hydrogens is 252 g/mol. The van der Waals surface area contributed by atoms with E-state index in [4.69, 9.17) is 0 Å². The van der Waals surface area contributed by atoms with E-state index in [0.29, 0.717) is 12.2 Å². The summed E-state index contributed by atoms with van der Waals surface area (Å²) >= 11 is 1.52. The first-order valence-corrected chi connectivity index (χ1v) is 7.00. The number of carbonyl (C=O) groups excluding carboxylic acids is 3. The topological polar surface area (TPSA) is 66.5 Å². The van der Waals surface area contributed by atoms with Gasteiger partial charge in [-0.1, -0.05) is 27.7 Å². The van der Waals surface area contributed by atoms with E-state index < -0.39 is 11.9 Å². The van der Waals surface area contributed by atoms with Crippen LogP contribution in [-0.2, 0) is 14.4 Å². The van der Waals surface area contributed by atoms with Gasteiger partial charge < -0.3 is 4.90 Å². The third-order valence-corrected chi connectivity index (χ3v) is 3.85. The van der Waals surface area contributed by atoms with E-state index >= 15 is 0 Å². The summed E-state index contributed by atoms with van der Waals surface area (Å²) in [5.41, 5.74) is 0. The van der Waals surface area contributed by atoms with Gasteiger partial charge in [-0.15, -0.1) is 11.8 Å². The Labute approximate surface area is 112 Å². The second-order valence-electron chi connectivity index (χ2n) is 5.26. The molecule has 0 saturated carbocycles. The fourth-order valence-electron chi connectivity index (χ4n) is 1.70. The summed E-state index contributed by atoms with van der Waals surface area (Å²) in [7, 11) is 0. The van der Waals surface area contributed by atoms with Gasteiger partial charge in [0.25, 0.3) is 0 Å². The molecule has 1 N–H and O–H groups in total. The van der Waals surface area contributed by atoms with E-state index in [-0.39, 0.29) is 23.1 Å². The molecule has 1 heterocycles. The van der Waals surface area contributed by atoms with Crippen LogP contribution < -0.4 is 5.32 Å². The zero-order valence-electron chi connectivity index (χ0n) is 11.3. The second-order valence-corrected chi connectivity index (χ2v) is 7.06. The monoisotopic (exact) mass is 272 g/mol. The third kappa shape index (κ3) is 4.01. The first kappa shape index (κ1) is 15.0. The Hall–Kier alpha value is -1.04. The van der Waals surface area contributed by atoms with Crippen LogP contribution in [0.2, 0.25) is 0 Å². The lowest BCUT2D eigenvalue weighted by Gasteiger charge is -2.33. The maximum Gasteiger partial charge on any atom is 0.249 e. The SMILES string of the molecule is CCC1C(=O)NC(=O)CN1C(=O)CSC(C)(C)C. The molecule has 0 radical (unpaired) electrons. The fourth-order valence-corrected chi connectivity index (χ4v) is 2.42. The van der Waals surface area contributed by atoms with Gasteiger partial charge >= 0.3 is 0 Å². The molecule has 1 rings (SSSR count). The molecule has 0 aromatic heterocycles. The molecule has 18 heavy (non-hydrogen) atoms. The summed E-state index contributed by atoms with van der Waals surface area (Å²) in [6.45, 7) is 7.88. The number of imide groups is 1. The molecule has 1 aliphatic heterocycles. The summed E-state index contributed by atoms with van der Waals surface area (Å²) in [5.74, 6) is -0.632. The quantitative estimate of drug-likeness (QED) is 0.771. The third-order valence-electron chi connectivity index (χ3n) is 2.59. The van der Waals surface area contributed by atoms with Gasteiger partial charge in [-0.05, 0) is 6.42 Å². The Morgan fingerprint density at radius 2 is 2.06 bits per heavy atom. The lowest BCUT2D eigenvalue weighted by molar-refractivity contribution is -0.148. The van der Waals surface area contributed by atoms with Crippen molar-refractivity contribution in [3.05, 3.63) is 0 Å². The highest BCUT2D eigenvalue weighted by Gasteiger charge is 2.35. The maximum absolute atomic E-state index is 12.1. The van der Waals surface area contributed by atoms with E-state index in [2.05, 4.69) is 5.32 Å². The summed E-state index contributed by atoms with van der Waals surface area (Å²) in [5, 5.41) is 2.26. The minimum atomic E-state index is -0.518. The summed E-state index contributed by atoms with van der Waals surface area (Å²) in [4.78, 5) is 36.4. The van der Waals surface area contributed by atoms with Crippen LogP contribution in [0.4, 0.5) is 0 Å². The van der Waals surface area contributed by atoms with Crippen LogP contribution in [0, 0.1) is 0 Å². The van der Waals surface area contributed by atoms with Crippen LogP contribution >= 0.6 is 11.8 Å². The first-order chi connectivity index (χ1) is 8.24. The Kier molecular flexibility index (Phi) is 4.78. The number of amides is 3. The molecule has 1 fully saturated rings. The molecular formula is C12H20N2O3S. The maximum atomic E-state index is 12.1. The molecule has 1 saturated heterocycles. The van der Waals surface area contributed by atoms with Crippen molar-refractivity contribution in [2.45, 2.75) is 44.9 Å². The van der Waals surface area contributed by atoms with Crippen molar-refractivity contribution in [1.82, 2.24) is 10.2 Å². The van der Waals surface area contributed by atoms with Crippen molar-refractivity contribution in [3.8, 4) is 0 Å². The molecule has 0 bridgehead atoms. The average Bonchev–Trinajstić information content (AvgIpc) is 2.24.